The molecular weight excluding hydrogens is 488 g/mol. The van der Waals surface area contributed by atoms with Crippen LogP contribution in [0.4, 0.5) is 5.69 Å². The normalized spacial score (nSPS) is 17.1. The molecule has 10 heteroatoms. The van der Waals surface area contributed by atoms with E-state index in [9.17, 15) is 10.1 Å². The molecule has 5 rings (SSSR count). The Bertz CT molecular complexity index is 1460. The summed E-state index contributed by atoms with van der Waals surface area (Å²) in [5, 5.41) is 15.5. The summed E-state index contributed by atoms with van der Waals surface area (Å²) in [6, 6.07) is 16.4. The fraction of sp³-hybridized carbons (Fsp3) is 0.222. The van der Waals surface area contributed by atoms with Crippen LogP contribution in [0, 0.1) is 24.0 Å². The van der Waals surface area contributed by atoms with Gasteiger partial charge < -0.3 is 19.5 Å². The molecule has 0 amide bonds. The lowest BCUT2D eigenvalue weighted by Gasteiger charge is -2.28. The number of nitro groups is 1. The minimum atomic E-state index is -0.424. The van der Waals surface area contributed by atoms with E-state index in [0.717, 1.165) is 33.9 Å². The number of thiocarbonyl (C=S) groups is 1. The van der Waals surface area contributed by atoms with Crippen molar-refractivity contribution in [1.29, 1.82) is 0 Å². The molecular formula is C27H26N6O3S. The van der Waals surface area contributed by atoms with E-state index in [2.05, 4.69) is 30.8 Å². The molecule has 37 heavy (non-hydrogen) atoms. The Morgan fingerprint density at radius 1 is 1.11 bits per heavy atom. The molecule has 2 atom stereocenters. The number of nitrogens with zero attached hydrogens (tertiary/aromatic N) is 5. The fourth-order valence-electron chi connectivity index (χ4n) is 5.02. The Kier molecular flexibility index (Phi) is 6.58. The molecule has 3 aromatic heterocycles. The van der Waals surface area contributed by atoms with E-state index in [1.165, 1.54) is 19.2 Å². The largest absolute Gasteiger partial charge is 0.494 e. The highest BCUT2D eigenvalue weighted by Crippen LogP contribution is 2.43. The predicted octanol–water partition coefficient (Wildman–Crippen LogP) is 4.97. The number of ether oxygens (including phenoxy) is 1. The summed E-state index contributed by atoms with van der Waals surface area (Å²) in [7, 11) is 1.52. The second-order valence-electron chi connectivity index (χ2n) is 8.89. The summed E-state index contributed by atoms with van der Waals surface area (Å²) in [5.74, 6) is 0.428. The summed E-state index contributed by atoms with van der Waals surface area (Å²) in [6.07, 6.45) is 5.34. The molecule has 0 bridgehead atoms. The van der Waals surface area contributed by atoms with Crippen LogP contribution in [-0.4, -0.2) is 36.6 Å². The summed E-state index contributed by atoms with van der Waals surface area (Å²) in [5.41, 5.74) is 5.74. The van der Waals surface area contributed by atoms with Crippen LogP contribution in [0.25, 0.3) is 5.69 Å². The first kappa shape index (κ1) is 24.4. The van der Waals surface area contributed by atoms with Crippen molar-refractivity contribution in [2.75, 3.05) is 7.11 Å². The van der Waals surface area contributed by atoms with Gasteiger partial charge in [-0.15, -0.1) is 0 Å². The molecule has 1 aliphatic heterocycles. The smallest absolute Gasteiger partial charge is 0.273 e. The standard InChI is InChI=1S/C27H26N6O3S/c1-17-14-21(18(2)32(17)23-8-7-20(33(34)35)15-24(23)36-3)26-25(22-6-4-5-11-29-22)30-27(37)31(26)16-19-9-12-28-13-10-19/h4-15,25-26H,16H2,1-3H3,(H,30,37)/t25-,26-/m1/s1. The van der Waals surface area contributed by atoms with Crippen LogP contribution in [0.1, 0.15) is 40.3 Å². The molecule has 9 nitrogen and oxygen atoms in total. The Hall–Kier alpha value is -4.31. The lowest BCUT2D eigenvalue weighted by atomic mass is 9.96. The van der Waals surface area contributed by atoms with Crippen molar-refractivity contribution in [3.8, 4) is 11.4 Å². The molecule has 4 aromatic rings. The van der Waals surface area contributed by atoms with Gasteiger partial charge in [-0.05, 0) is 73.6 Å². The lowest BCUT2D eigenvalue weighted by molar-refractivity contribution is -0.384. The molecule has 4 heterocycles. The molecule has 1 fully saturated rings. The Morgan fingerprint density at radius 2 is 1.89 bits per heavy atom. The molecule has 0 unspecified atom stereocenters. The predicted molar refractivity (Wildman–Crippen MR) is 144 cm³/mol. The summed E-state index contributed by atoms with van der Waals surface area (Å²) >= 11 is 5.83. The number of nitrogens with one attached hydrogen (secondary N) is 1. The van der Waals surface area contributed by atoms with Crippen molar-refractivity contribution < 1.29 is 9.66 Å². The van der Waals surface area contributed by atoms with E-state index >= 15 is 0 Å². The third-order valence-electron chi connectivity index (χ3n) is 6.70. The number of hydrogen-bond acceptors (Lipinski definition) is 6. The van der Waals surface area contributed by atoms with E-state index in [4.69, 9.17) is 17.0 Å². The number of aryl methyl sites for hydroxylation is 1. The summed E-state index contributed by atoms with van der Waals surface area (Å²) in [4.78, 5) is 21.9. The molecule has 1 aliphatic rings. The van der Waals surface area contributed by atoms with Crippen molar-refractivity contribution in [3.63, 3.8) is 0 Å². The van der Waals surface area contributed by atoms with Crippen LogP contribution < -0.4 is 10.1 Å². The van der Waals surface area contributed by atoms with E-state index < -0.39 is 4.92 Å². The topological polar surface area (TPSA) is 98.3 Å². The van der Waals surface area contributed by atoms with E-state index in [0.29, 0.717) is 17.4 Å². The van der Waals surface area contributed by atoms with Crippen LogP contribution in [0.15, 0.2) is 73.2 Å². The zero-order valence-corrected chi connectivity index (χ0v) is 21.5. The molecule has 188 valence electrons. The van der Waals surface area contributed by atoms with Crippen molar-refractivity contribution in [2.45, 2.75) is 32.5 Å². The fourth-order valence-corrected chi connectivity index (χ4v) is 5.33. The lowest BCUT2D eigenvalue weighted by Crippen LogP contribution is -2.29. The molecule has 0 spiro atoms. The summed E-state index contributed by atoms with van der Waals surface area (Å²) < 4.78 is 7.63. The number of hydrogen-bond donors (Lipinski definition) is 1. The highest BCUT2D eigenvalue weighted by Gasteiger charge is 2.41. The number of benzene rings is 1. The van der Waals surface area contributed by atoms with Crippen LogP contribution in [0.2, 0.25) is 0 Å². The Morgan fingerprint density at radius 3 is 2.57 bits per heavy atom. The minimum absolute atomic E-state index is 0.0210. The van der Waals surface area contributed by atoms with Crippen LogP contribution in [0.3, 0.4) is 0 Å². The first-order valence-electron chi connectivity index (χ1n) is 11.8. The SMILES string of the molecule is COc1cc([N+](=O)[O-])ccc1-n1c(C)cc([C@@H]2[C@@H](c3ccccn3)NC(=S)N2Cc2ccncc2)c1C. The van der Waals surface area contributed by atoms with Crippen molar-refractivity contribution >= 4 is 23.0 Å². The van der Waals surface area contributed by atoms with Gasteiger partial charge in [0.15, 0.2) is 5.11 Å². The van der Waals surface area contributed by atoms with Gasteiger partial charge in [0.2, 0.25) is 0 Å². The maximum Gasteiger partial charge on any atom is 0.273 e. The van der Waals surface area contributed by atoms with Gasteiger partial charge >= 0.3 is 0 Å². The first-order chi connectivity index (χ1) is 17.9. The quantitative estimate of drug-likeness (QED) is 0.210. The molecule has 1 N–H and O–H groups in total. The highest BCUT2D eigenvalue weighted by atomic mass is 32.1. The monoisotopic (exact) mass is 514 g/mol. The second-order valence-corrected chi connectivity index (χ2v) is 9.27. The molecule has 1 aromatic carbocycles. The zero-order valence-electron chi connectivity index (χ0n) is 20.7. The maximum atomic E-state index is 11.3. The van der Waals surface area contributed by atoms with Crippen molar-refractivity contribution in [3.05, 3.63) is 112 Å². The molecule has 0 radical (unpaired) electrons. The van der Waals surface area contributed by atoms with Gasteiger partial charge in [0.25, 0.3) is 5.69 Å². The van der Waals surface area contributed by atoms with Crippen molar-refractivity contribution in [1.82, 2.24) is 24.8 Å². The first-order valence-corrected chi connectivity index (χ1v) is 12.2. The summed E-state index contributed by atoms with van der Waals surface area (Å²) in [6.45, 7) is 4.67. The minimum Gasteiger partial charge on any atom is -0.494 e. The number of pyridine rings is 2. The van der Waals surface area contributed by atoms with Gasteiger partial charge in [-0.1, -0.05) is 6.07 Å². The average Bonchev–Trinajstić information content (AvgIpc) is 3.39. The van der Waals surface area contributed by atoms with Crippen LogP contribution in [-0.2, 0) is 6.54 Å². The van der Waals surface area contributed by atoms with E-state index in [1.807, 2.05) is 44.2 Å². The maximum absolute atomic E-state index is 11.3. The molecule has 0 aliphatic carbocycles. The highest BCUT2D eigenvalue weighted by molar-refractivity contribution is 7.80. The third kappa shape index (κ3) is 4.51. The van der Waals surface area contributed by atoms with Gasteiger partial charge in [0.1, 0.15) is 5.75 Å². The van der Waals surface area contributed by atoms with Gasteiger partial charge in [-0.2, -0.15) is 0 Å². The number of non-ortho nitro benzene ring substituents is 1. The van der Waals surface area contributed by atoms with Gasteiger partial charge in [-0.25, -0.2) is 0 Å². The Balaban J connectivity index is 1.63. The second kappa shape index (κ2) is 9.98. The third-order valence-corrected chi connectivity index (χ3v) is 7.06. The van der Waals surface area contributed by atoms with Gasteiger partial charge in [-0.3, -0.25) is 20.1 Å². The van der Waals surface area contributed by atoms with Gasteiger partial charge in [0, 0.05) is 42.6 Å². The molecule has 0 saturated carbocycles. The van der Waals surface area contributed by atoms with Crippen LogP contribution in [0.5, 0.6) is 5.75 Å². The zero-order chi connectivity index (χ0) is 26.1. The Labute approximate surface area is 219 Å². The number of aromatic nitrogens is 3. The van der Waals surface area contributed by atoms with Gasteiger partial charge in [0.05, 0.1) is 41.6 Å². The number of methoxy groups -OCH3 is 1. The number of rotatable bonds is 7. The van der Waals surface area contributed by atoms with E-state index in [-0.39, 0.29) is 17.8 Å². The van der Waals surface area contributed by atoms with Crippen molar-refractivity contribution in [2.24, 2.45) is 0 Å². The van der Waals surface area contributed by atoms with Crippen LogP contribution >= 0.6 is 12.2 Å². The number of nitro benzene ring substituents is 1. The molecule has 1 saturated heterocycles. The average molecular weight is 515 g/mol. The van der Waals surface area contributed by atoms with E-state index in [1.54, 1.807) is 24.7 Å².